The molecule has 1 amide bonds. The van der Waals surface area contributed by atoms with E-state index in [1.807, 2.05) is 5.48 Å². The van der Waals surface area contributed by atoms with Crippen LogP contribution in [0.25, 0.3) is 0 Å². The quantitative estimate of drug-likeness (QED) is 0.279. The first-order chi connectivity index (χ1) is 2.77. The van der Waals surface area contributed by atoms with Crippen LogP contribution < -0.4 is 5.48 Å². The molecule has 0 aromatic heterocycles. The maximum Gasteiger partial charge on any atom is 0.241 e. The van der Waals surface area contributed by atoms with Crippen molar-refractivity contribution in [2.24, 2.45) is 0 Å². The van der Waals surface area contributed by atoms with Gasteiger partial charge in [-0.1, -0.05) is 0 Å². The lowest BCUT2D eigenvalue weighted by Crippen LogP contribution is -2.14. The maximum atomic E-state index is 9.76. The van der Waals surface area contributed by atoms with E-state index in [1.165, 1.54) is 6.92 Å². The summed E-state index contributed by atoms with van der Waals surface area (Å²) < 4.78 is 3.90. The fourth-order valence-corrected chi connectivity index (χ4v) is 0.193. The molecule has 36 valence electrons. The summed E-state index contributed by atoms with van der Waals surface area (Å²) in [6.07, 6.45) is 0. The largest absolute Gasteiger partial charge is 0.273 e. The van der Waals surface area contributed by atoms with Crippen LogP contribution in [0.5, 0.6) is 0 Å². The van der Waals surface area contributed by atoms with E-state index < -0.39 is 0 Å². The molecule has 0 aromatic carbocycles. The number of rotatable bonds is 1. The van der Waals surface area contributed by atoms with Crippen molar-refractivity contribution in [1.82, 2.24) is 5.48 Å². The van der Waals surface area contributed by atoms with Gasteiger partial charge in [0.15, 0.2) is 0 Å². The van der Waals surface area contributed by atoms with Crippen LogP contribution in [-0.4, -0.2) is 5.91 Å². The van der Waals surface area contributed by atoms with Gasteiger partial charge in [-0.25, -0.2) is 9.76 Å². The molecule has 0 atom stereocenters. The first-order valence-electron chi connectivity index (χ1n) is 1.34. The van der Waals surface area contributed by atoms with Gasteiger partial charge in [0, 0.05) is 19.8 Å². The topological polar surface area (TPSA) is 38.3 Å². The maximum absolute atomic E-state index is 9.76. The van der Waals surface area contributed by atoms with E-state index in [9.17, 15) is 4.79 Å². The molecule has 0 saturated heterocycles. The Bertz CT molecular complexity index is 55.5. The van der Waals surface area contributed by atoms with Crippen molar-refractivity contribution < 1.29 is 9.08 Å². The molecular weight excluding hydrogens is 102 g/mol. The van der Waals surface area contributed by atoms with E-state index in [2.05, 4.69) is 17.2 Å². The molecule has 0 aliphatic rings. The highest BCUT2D eigenvalue weighted by molar-refractivity contribution is 7.75. The van der Waals surface area contributed by atoms with Gasteiger partial charge in [-0.2, -0.15) is 0 Å². The van der Waals surface area contributed by atoms with Gasteiger partial charge < -0.3 is 0 Å². The summed E-state index contributed by atoms with van der Waals surface area (Å²) in [6, 6.07) is 0. The standard InChI is InChI=1S/C2H5NO2S/c1-2(4)3-5-6/h6H,1H3,(H,3,4). The molecule has 0 aliphatic carbocycles. The third-order valence-electron chi connectivity index (χ3n) is 0.189. The SMILES string of the molecule is CC(=O)NOS. The number of hydrogen-bond acceptors (Lipinski definition) is 3. The van der Waals surface area contributed by atoms with Gasteiger partial charge in [-0.05, 0) is 0 Å². The number of hydrogen-bond donors (Lipinski definition) is 2. The molecule has 0 unspecified atom stereocenters. The second-order valence-corrected chi connectivity index (χ2v) is 0.932. The first-order valence-corrected chi connectivity index (χ1v) is 1.71. The fraction of sp³-hybridized carbons (Fsp3) is 0.500. The van der Waals surface area contributed by atoms with E-state index in [0.717, 1.165) is 0 Å². The van der Waals surface area contributed by atoms with Gasteiger partial charge in [-0.3, -0.25) is 4.79 Å². The average molecular weight is 107 g/mol. The zero-order chi connectivity index (χ0) is 4.99. The number of hydroxylamine groups is 1. The molecule has 0 saturated carbocycles. The molecular formula is C2H5NO2S. The Kier molecular flexibility index (Phi) is 2.88. The van der Waals surface area contributed by atoms with Crippen molar-refractivity contribution in [3.63, 3.8) is 0 Å². The van der Waals surface area contributed by atoms with Crippen molar-refractivity contribution in [2.45, 2.75) is 6.92 Å². The van der Waals surface area contributed by atoms with E-state index in [-0.39, 0.29) is 5.91 Å². The average Bonchev–Trinajstić information content (AvgIpc) is 1.35. The molecule has 0 aromatic rings. The van der Waals surface area contributed by atoms with Crippen LogP contribution in [0.2, 0.25) is 0 Å². The van der Waals surface area contributed by atoms with Gasteiger partial charge in [0.1, 0.15) is 0 Å². The van der Waals surface area contributed by atoms with Crippen molar-refractivity contribution >= 4 is 18.8 Å². The Hall–Kier alpha value is -0.220. The summed E-state index contributed by atoms with van der Waals surface area (Å²) in [4.78, 5) is 9.76. The van der Waals surface area contributed by atoms with E-state index >= 15 is 0 Å². The van der Waals surface area contributed by atoms with Gasteiger partial charge in [0.05, 0.1) is 0 Å². The molecule has 4 heteroatoms. The van der Waals surface area contributed by atoms with E-state index in [1.54, 1.807) is 0 Å². The Morgan fingerprint density at radius 3 is 2.50 bits per heavy atom. The molecule has 1 N–H and O–H groups in total. The summed E-state index contributed by atoms with van der Waals surface area (Å²) in [5.41, 5.74) is 1.93. The Morgan fingerprint density at radius 1 is 2.00 bits per heavy atom. The second kappa shape index (κ2) is 2.99. The smallest absolute Gasteiger partial charge is 0.241 e. The number of carbonyl (C=O) groups is 1. The third kappa shape index (κ3) is 3.78. The molecule has 0 fully saturated rings. The number of amides is 1. The van der Waals surface area contributed by atoms with Gasteiger partial charge in [0.2, 0.25) is 5.91 Å². The summed E-state index contributed by atoms with van der Waals surface area (Å²) >= 11 is 3.23. The van der Waals surface area contributed by atoms with Crippen LogP contribution >= 0.6 is 12.9 Å². The predicted molar refractivity (Wildman–Crippen MR) is 23.9 cm³/mol. The molecule has 0 aliphatic heterocycles. The van der Waals surface area contributed by atoms with Crippen LogP contribution in [0.15, 0.2) is 0 Å². The Morgan fingerprint density at radius 2 is 2.50 bits per heavy atom. The number of carbonyl (C=O) groups excluding carboxylic acids is 1. The zero-order valence-electron chi connectivity index (χ0n) is 3.26. The lowest BCUT2D eigenvalue weighted by atomic mass is 10.8. The van der Waals surface area contributed by atoms with Crippen molar-refractivity contribution in [3.8, 4) is 0 Å². The van der Waals surface area contributed by atoms with Gasteiger partial charge >= 0.3 is 0 Å². The fourth-order valence-electron chi connectivity index (χ4n) is 0.0643. The highest BCUT2D eigenvalue weighted by atomic mass is 32.1. The molecule has 0 radical (unpaired) electrons. The van der Waals surface area contributed by atoms with Crippen LogP contribution in [0.3, 0.4) is 0 Å². The molecule has 3 nitrogen and oxygen atoms in total. The first kappa shape index (κ1) is 5.78. The van der Waals surface area contributed by atoms with Gasteiger partial charge in [-0.15, -0.1) is 0 Å². The normalized spacial score (nSPS) is 7.67. The third-order valence-corrected chi connectivity index (χ3v) is 0.281. The summed E-state index contributed by atoms with van der Waals surface area (Å²) in [6.45, 7) is 1.33. The minimum atomic E-state index is -0.259. The monoisotopic (exact) mass is 107 g/mol. The van der Waals surface area contributed by atoms with Crippen molar-refractivity contribution in [2.75, 3.05) is 0 Å². The van der Waals surface area contributed by atoms with Crippen LogP contribution in [0.1, 0.15) is 6.92 Å². The highest BCUT2D eigenvalue weighted by Gasteiger charge is 1.80. The minimum absolute atomic E-state index is 0.259. The molecule has 0 rings (SSSR count). The second-order valence-electron chi connectivity index (χ2n) is 0.750. The van der Waals surface area contributed by atoms with Crippen molar-refractivity contribution in [3.05, 3.63) is 0 Å². The van der Waals surface area contributed by atoms with Gasteiger partial charge in [0.25, 0.3) is 0 Å². The predicted octanol–water partition coefficient (Wildman–Crippen LogP) is -0.101. The van der Waals surface area contributed by atoms with Crippen LogP contribution in [0.4, 0.5) is 0 Å². The van der Waals surface area contributed by atoms with Crippen LogP contribution in [0, 0.1) is 0 Å². The van der Waals surface area contributed by atoms with Crippen LogP contribution in [-0.2, 0) is 9.08 Å². The lowest BCUT2D eigenvalue weighted by Gasteiger charge is -1.88. The number of thiol groups is 1. The lowest BCUT2D eigenvalue weighted by molar-refractivity contribution is -0.124. The van der Waals surface area contributed by atoms with E-state index in [4.69, 9.17) is 0 Å². The molecule has 0 spiro atoms. The molecule has 0 heterocycles. The highest BCUT2D eigenvalue weighted by Crippen LogP contribution is 1.66. The summed E-state index contributed by atoms with van der Waals surface area (Å²) in [5.74, 6) is -0.259. The minimum Gasteiger partial charge on any atom is -0.273 e. The van der Waals surface area contributed by atoms with Crippen molar-refractivity contribution in [1.29, 1.82) is 0 Å². The summed E-state index contributed by atoms with van der Waals surface area (Å²) in [5, 5.41) is 0. The Labute approximate surface area is 41.2 Å². The zero-order valence-corrected chi connectivity index (χ0v) is 4.16. The Balaban J connectivity index is 2.83. The number of nitrogens with one attached hydrogen (secondary N) is 1. The van der Waals surface area contributed by atoms with E-state index in [0.29, 0.717) is 0 Å². The molecule has 6 heavy (non-hydrogen) atoms. The molecule has 0 bridgehead atoms. The summed E-state index contributed by atoms with van der Waals surface area (Å²) in [7, 11) is 0.